The topological polar surface area (TPSA) is 54.3 Å². The van der Waals surface area contributed by atoms with Crippen molar-refractivity contribution in [2.24, 2.45) is 0 Å². The normalized spacial score (nSPS) is 16.2. The summed E-state index contributed by atoms with van der Waals surface area (Å²) in [7, 11) is -1.65. The van der Waals surface area contributed by atoms with Crippen LogP contribution >= 0.6 is 0 Å². The number of aryl methyl sites for hydroxylation is 1. The molecule has 1 aliphatic carbocycles. The highest BCUT2D eigenvalue weighted by molar-refractivity contribution is 7.89. The molecule has 1 aliphatic rings. The van der Waals surface area contributed by atoms with E-state index in [4.69, 9.17) is 0 Å². The van der Waals surface area contributed by atoms with Crippen LogP contribution in [0.5, 0.6) is 0 Å². The van der Waals surface area contributed by atoms with E-state index in [-0.39, 0.29) is 6.04 Å². The molecule has 19 heavy (non-hydrogen) atoms. The summed E-state index contributed by atoms with van der Waals surface area (Å²) in [5, 5.41) is 3.24. The van der Waals surface area contributed by atoms with Gasteiger partial charge in [0.1, 0.15) is 4.90 Å². The molecule has 2 rings (SSSR count). The first-order chi connectivity index (χ1) is 9.00. The highest BCUT2D eigenvalue weighted by Gasteiger charge is 2.35. The van der Waals surface area contributed by atoms with Crippen LogP contribution in [0.3, 0.4) is 0 Å². The summed E-state index contributed by atoms with van der Waals surface area (Å²) in [6.45, 7) is 6.42. The molecule has 0 radical (unpaired) electrons. The number of nitrogens with one attached hydrogen (secondary N) is 1. The van der Waals surface area contributed by atoms with Gasteiger partial charge in [0.05, 0.1) is 0 Å². The van der Waals surface area contributed by atoms with E-state index in [0.29, 0.717) is 11.4 Å². The minimum absolute atomic E-state index is 0.201. The van der Waals surface area contributed by atoms with Gasteiger partial charge in [-0.25, -0.2) is 8.42 Å². The van der Waals surface area contributed by atoms with Crippen molar-refractivity contribution in [3.05, 3.63) is 18.0 Å². The van der Waals surface area contributed by atoms with Crippen LogP contribution in [-0.2, 0) is 23.1 Å². The minimum Gasteiger partial charge on any atom is -0.349 e. The number of rotatable bonds is 7. The fourth-order valence-corrected chi connectivity index (χ4v) is 3.64. The fourth-order valence-electron chi connectivity index (χ4n) is 2.16. The molecule has 1 aromatic rings. The Balaban J connectivity index is 2.26. The van der Waals surface area contributed by atoms with Gasteiger partial charge in [-0.2, -0.15) is 4.31 Å². The van der Waals surface area contributed by atoms with Crippen LogP contribution in [0.2, 0.25) is 0 Å². The molecule has 1 fully saturated rings. The van der Waals surface area contributed by atoms with Crippen LogP contribution in [0.15, 0.2) is 17.2 Å². The summed E-state index contributed by atoms with van der Waals surface area (Å²) >= 11 is 0. The standard InChI is InChI=1S/C13H23N3O2S/c1-4-14-9-12-8-13(10-16(12)5-2)19(17,18)15(3)11-6-7-11/h8,10-11,14H,4-7,9H2,1-3H3. The predicted molar refractivity (Wildman–Crippen MR) is 75.5 cm³/mol. The summed E-state index contributed by atoms with van der Waals surface area (Å²) in [6.07, 6.45) is 3.71. The van der Waals surface area contributed by atoms with E-state index in [9.17, 15) is 8.42 Å². The maximum atomic E-state index is 12.5. The first-order valence-electron chi connectivity index (χ1n) is 6.88. The van der Waals surface area contributed by atoms with Crippen LogP contribution in [0.25, 0.3) is 0 Å². The second kappa shape index (κ2) is 5.64. The highest BCUT2D eigenvalue weighted by Crippen LogP contribution is 2.30. The monoisotopic (exact) mass is 285 g/mol. The smallest absolute Gasteiger partial charge is 0.244 e. The molecule has 0 atom stereocenters. The second-order valence-corrected chi connectivity index (χ2v) is 6.98. The van der Waals surface area contributed by atoms with Gasteiger partial charge in [0.25, 0.3) is 0 Å². The van der Waals surface area contributed by atoms with E-state index in [1.54, 1.807) is 19.3 Å². The number of hydrogen-bond donors (Lipinski definition) is 1. The van der Waals surface area contributed by atoms with Crippen molar-refractivity contribution in [3.63, 3.8) is 0 Å². The number of aromatic nitrogens is 1. The quantitative estimate of drug-likeness (QED) is 0.824. The second-order valence-electron chi connectivity index (χ2n) is 4.99. The average molecular weight is 285 g/mol. The molecule has 0 aliphatic heterocycles. The first-order valence-corrected chi connectivity index (χ1v) is 8.32. The van der Waals surface area contributed by atoms with Crippen molar-refractivity contribution in [2.45, 2.75) is 50.7 Å². The SMILES string of the molecule is CCNCc1cc(S(=O)(=O)N(C)C2CC2)cn1CC. The summed E-state index contributed by atoms with van der Waals surface area (Å²) in [5.74, 6) is 0. The molecule has 6 heteroatoms. The predicted octanol–water partition coefficient (Wildman–Crippen LogP) is 1.40. The number of sulfonamides is 1. The lowest BCUT2D eigenvalue weighted by atomic mass is 10.4. The van der Waals surface area contributed by atoms with Crippen LogP contribution < -0.4 is 5.32 Å². The molecule has 1 saturated carbocycles. The third kappa shape index (κ3) is 3.01. The Kier molecular flexibility index (Phi) is 4.32. The van der Waals surface area contributed by atoms with Crippen LogP contribution in [0, 0.1) is 0 Å². The van der Waals surface area contributed by atoms with Gasteiger partial charge in [0, 0.05) is 38.1 Å². The molecule has 1 heterocycles. The number of hydrogen-bond acceptors (Lipinski definition) is 3. The summed E-state index contributed by atoms with van der Waals surface area (Å²) in [6, 6.07) is 1.99. The number of nitrogens with zero attached hydrogens (tertiary/aromatic N) is 2. The molecule has 0 bridgehead atoms. The van der Waals surface area contributed by atoms with Gasteiger partial charge in [0.15, 0.2) is 0 Å². The van der Waals surface area contributed by atoms with Gasteiger partial charge in [-0.15, -0.1) is 0 Å². The molecular formula is C13H23N3O2S. The summed E-state index contributed by atoms with van der Waals surface area (Å²) in [5.41, 5.74) is 1.02. The van der Waals surface area contributed by atoms with Gasteiger partial charge in [-0.05, 0) is 32.4 Å². The first kappa shape index (κ1) is 14.6. The average Bonchev–Trinajstić information content (AvgIpc) is 3.15. The zero-order valence-electron chi connectivity index (χ0n) is 11.9. The molecular weight excluding hydrogens is 262 g/mol. The van der Waals surface area contributed by atoms with Crippen LogP contribution in [0.1, 0.15) is 32.4 Å². The van der Waals surface area contributed by atoms with Gasteiger partial charge in [-0.3, -0.25) is 0 Å². The molecule has 5 nitrogen and oxygen atoms in total. The van der Waals surface area contributed by atoms with Crippen molar-refractivity contribution < 1.29 is 8.42 Å². The highest BCUT2D eigenvalue weighted by atomic mass is 32.2. The molecule has 1 aromatic heterocycles. The van der Waals surface area contributed by atoms with Gasteiger partial charge < -0.3 is 9.88 Å². The van der Waals surface area contributed by atoms with Gasteiger partial charge >= 0.3 is 0 Å². The molecule has 0 saturated heterocycles. The minimum atomic E-state index is -3.33. The van der Waals surface area contributed by atoms with Crippen molar-refractivity contribution in [2.75, 3.05) is 13.6 Å². The van der Waals surface area contributed by atoms with Gasteiger partial charge in [0.2, 0.25) is 10.0 Å². The zero-order valence-corrected chi connectivity index (χ0v) is 12.7. The van der Waals surface area contributed by atoms with E-state index < -0.39 is 10.0 Å². The zero-order chi connectivity index (χ0) is 14.0. The molecule has 0 amide bonds. The lowest BCUT2D eigenvalue weighted by Crippen LogP contribution is -2.28. The molecule has 108 valence electrons. The molecule has 1 N–H and O–H groups in total. The Morgan fingerprint density at radius 1 is 1.42 bits per heavy atom. The Hall–Kier alpha value is -0.850. The van der Waals surface area contributed by atoms with Crippen molar-refractivity contribution >= 4 is 10.0 Å². The lowest BCUT2D eigenvalue weighted by molar-refractivity contribution is 0.464. The van der Waals surface area contributed by atoms with Gasteiger partial charge in [-0.1, -0.05) is 6.92 Å². The third-order valence-electron chi connectivity index (χ3n) is 3.60. The Labute approximate surface area is 115 Å². The van der Waals surface area contributed by atoms with E-state index in [0.717, 1.165) is 31.6 Å². The van der Waals surface area contributed by atoms with E-state index in [2.05, 4.69) is 5.32 Å². The maximum absolute atomic E-state index is 12.5. The Bertz CT molecular complexity index is 532. The largest absolute Gasteiger partial charge is 0.349 e. The van der Waals surface area contributed by atoms with E-state index in [1.807, 2.05) is 18.4 Å². The van der Waals surface area contributed by atoms with Crippen molar-refractivity contribution in [3.8, 4) is 0 Å². The molecule has 0 unspecified atom stereocenters. The van der Waals surface area contributed by atoms with Crippen molar-refractivity contribution in [1.29, 1.82) is 0 Å². The lowest BCUT2D eigenvalue weighted by Gasteiger charge is -2.14. The van der Waals surface area contributed by atoms with E-state index in [1.165, 1.54) is 4.31 Å². The molecule has 0 aromatic carbocycles. The van der Waals surface area contributed by atoms with Crippen LogP contribution in [-0.4, -0.2) is 36.9 Å². The molecule has 0 spiro atoms. The van der Waals surface area contributed by atoms with Crippen molar-refractivity contribution in [1.82, 2.24) is 14.2 Å². The van der Waals surface area contributed by atoms with Crippen LogP contribution in [0.4, 0.5) is 0 Å². The van der Waals surface area contributed by atoms with E-state index >= 15 is 0 Å². The summed E-state index contributed by atoms with van der Waals surface area (Å²) in [4.78, 5) is 0.414. The maximum Gasteiger partial charge on any atom is 0.244 e. The Morgan fingerprint density at radius 3 is 2.63 bits per heavy atom. The fraction of sp³-hybridized carbons (Fsp3) is 0.692. The summed E-state index contributed by atoms with van der Waals surface area (Å²) < 4.78 is 28.4. The Morgan fingerprint density at radius 2 is 2.11 bits per heavy atom. The third-order valence-corrected chi connectivity index (χ3v) is 5.47.